The average molecular weight is 318 g/mol. The van der Waals surface area contributed by atoms with Crippen LogP contribution in [-0.2, 0) is 13.1 Å². The van der Waals surface area contributed by atoms with Crippen LogP contribution in [0.15, 0.2) is 17.8 Å². The van der Waals surface area contributed by atoms with Crippen LogP contribution in [0, 0.1) is 0 Å². The van der Waals surface area contributed by atoms with Gasteiger partial charge >= 0.3 is 0 Å². The van der Waals surface area contributed by atoms with E-state index in [-0.39, 0.29) is 0 Å². The van der Waals surface area contributed by atoms with Crippen LogP contribution in [-0.4, -0.2) is 32.5 Å². The van der Waals surface area contributed by atoms with Crippen molar-refractivity contribution in [2.24, 2.45) is 0 Å². The zero-order chi connectivity index (χ0) is 15.5. The molecule has 1 saturated heterocycles. The second kappa shape index (κ2) is 6.92. The quantitative estimate of drug-likeness (QED) is 0.839. The van der Waals surface area contributed by atoms with Crippen LogP contribution in [0.1, 0.15) is 62.0 Å². The van der Waals surface area contributed by atoms with Crippen molar-refractivity contribution in [3.63, 3.8) is 0 Å². The average Bonchev–Trinajstić information content (AvgIpc) is 3.16. The molecule has 1 aliphatic rings. The highest BCUT2D eigenvalue weighted by Crippen LogP contribution is 2.31. The summed E-state index contributed by atoms with van der Waals surface area (Å²) in [5, 5.41) is 3.56. The first-order valence-electron chi connectivity index (χ1n) is 8.35. The summed E-state index contributed by atoms with van der Waals surface area (Å²) < 4.78 is 2.24. The highest BCUT2D eigenvalue weighted by Gasteiger charge is 2.24. The van der Waals surface area contributed by atoms with Gasteiger partial charge in [0.2, 0.25) is 0 Å². The zero-order valence-electron chi connectivity index (χ0n) is 13.8. The lowest BCUT2D eigenvalue weighted by Gasteiger charge is -2.31. The van der Waals surface area contributed by atoms with Crippen LogP contribution >= 0.6 is 11.3 Å². The third-order valence-electron chi connectivity index (χ3n) is 4.49. The molecule has 1 aliphatic heterocycles. The number of imidazole rings is 1. The van der Waals surface area contributed by atoms with Crippen molar-refractivity contribution in [1.29, 1.82) is 0 Å². The molecule has 0 amide bonds. The number of rotatable bonds is 5. The van der Waals surface area contributed by atoms with Crippen LogP contribution < -0.4 is 0 Å². The minimum absolute atomic E-state index is 0.529. The second-order valence-corrected chi connectivity index (χ2v) is 7.36. The number of piperidine rings is 1. The van der Waals surface area contributed by atoms with Gasteiger partial charge in [0.15, 0.2) is 0 Å². The smallest absolute Gasteiger partial charge is 0.122 e. The Bertz CT molecular complexity index is 601. The van der Waals surface area contributed by atoms with Gasteiger partial charge in [-0.1, -0.05) is 13.8 Å². The van der Waals surface area contributed by atoms with Crippen LogP contribution in [0.25, 0.3) is 0 Å². The molecule has 1 fully saturated rings. The van der Waals surface area contributed by atoms with E-state index in [1.807, 2.05) is 17.5 Å². The van der Waals surface area contributed by atoms with Gasteiger partial charge in [0.25, 0.3) is 0 Å². The Labute approximate surface area is 137 Å². The van der Waals surface area contributed by atoms with Crippen LogP contribution in [0.4, 0.5) is 0 Å². The molecule has 3 rings (SSSR count). The summed E-state index contributed by atoms with van der Waals surface area (Å²) in [6, 6.07) is 0. The molecule has 0 spiro atoms. The number of nitrogens with zero attached hydrogens (tertiary/aromatic N) is 4. The molecule has 0 aromatic carbocycles. The fraction of sp³-hybridized carbons (Fsp3) is 0.647. The Kier molecular flexibility index (Phi) is 4.93. The van der Waals surface area contributed by atoms with Gasteiger partial charge in [-0.3, -0.25) is 4.90 Å². The standard InChI is InChI=1S/C17H26N4S/c1-4-21-9-7-18-16(21)11-20-8-5-6-14(10-20)17-19-15(12-22-17)13(2)3/h7,9,12-14H,4-6,8,10-11H2,1-3H3/t14-/m0/s1. The number of likely N-dealkylation sites (tertiary alicyclic amines) is 1. The molecule has 1 atom stereocenters. The van der Waals surface area contributed by atoms with Crippen molar-refractivity contribution in [2.75, 3.05) is 13.1 Å². The van der Waals surface area contributed by atoms with E-state index in [1.165, 1.54) is 35.9 Å². The van der Waals surface area contributed by atoms with Gasteiger partial charge in [0.1, 0.15) is 5.82 Å². The van der Waals surface area contributed by atoms with Crippen molar-refractivity contribution in [2.45, 2.75) is 58.5 Å². The van der Waals surface area contributed by atoms with Crippen molar-refractivity contribution >= 4 is 11.3 Å². The lowest BCUT2D eigenvalue weighted by atomic mass is 9.98. The molecule has 2 aromatic rings. The predicted octanol–water partition coefficient (Wildman–Crippen LogP) is 3.86. The minimum atomic E-state index is 0.529. The van der Waals surface area contributed by atoms with E-state index >= 15 is 0 Å². The third-order valence-corrected chi connectivity index (χ3v) is 5.52. The summed E-state index contributed by atoms with van der Waals surface area (Å²) in [5.41, 5.74) is 1.25. The summed E-state index contributed by atoms with van der Waals surface area (Å²) in [7, 11) is 0. The van der Waals surface area contributed by atoms with E-state index in [0.717, 1.165) is 19.6 Å². The molecule has 0 aliphatic carbocycles. The number of aryl methyl sites for hydroxylation is 1. The monoisotopic (exact) mass is 318 g/mol. The number of aromatic nitrogens is 3. The summed E-state index contributed by atoms with van der Waals surface area (Å²) in [5.74, 6) is 2.31. The molecule has 120 valence electrons. The Morgan fingerprint density at radius 1 is 1.41 bits per heavy atom. The molecule has 0 unspecified atom stereocenters. The highest BCUT2D eigenvalue weighted by atomic mass is 32.1. The highest BCUT2D eigenvalue weighted by molar-refractivity contribution is 7.09. The minimum Gasteiger partial charge on any atom is -0.334 e. The van der Waals surface area contributed by atoms with Gasteiger partial charge in [0.05, 0.1) is 17.2 Å². The van der Waals surface area contributed by atoms with E-state index in [0.29, 0.717) is 11.8 Å². The Morgan fingerprint density at radius 2 is 2.27 bits per heavy atom. The van der Waals surface area contributed by atoms with E-state index in [9.17, 15) is 0 Å². The van der Waals surface area contributed by atoms with Gasteiger partial charge in [-0.25, -0.2) is 9.97 Å². The molecule has 22 heavy (non-hydrogen) atoms. The molecule has 0 N–H and O–H groups in total. The van der Waals surface area contributed by atoms with E-state index < -0.39 is 0 Å². The fourth-order valence-electron chi connectivity index (χ4n) is 3.13. The molecular formula is C17H26N4S. The maximum absolute atomic E-state index is 4.87. The normalized spacial score (nSPS) is 19.9. The van der Waals surface area contributed by atoms with Gasteiger partial charge in [-0.05, 0) is 32.2 Å². The van der Waals surface area contributed by atoms with E-state index in [1.54, 1.807) is 0 Å². The van der Waals surface area contributed by atoms with Crippen molar-refractivity contribution < 1.29 is 0 Å². The number of thiazole rings is 1. The van der Waals surface area contributed by atoms with Crippen LogP contribution in [0.2, 0.25) is 0 Å². The summed E-state index contributed by atoms with van der Waals surface area (Å²) in [6.45, 7) is 10.9. The molecule has 0 bridgehead atoms. The number of hydrogen-bond donors (Lipinski definition) is 0. The lowest BCUT2D eigenvalue weighted by Crippen LogP contribution is -2.34. The molecule has 4 nitrogen and oxygen atoms in total. The van der Waals surface area contributed by atoms with Gasteiger partial charge in [-0.15, -0.1) is 11.3 Å². The first-order valence-corrected chi connectivity index (χ1v) is 9.23. The molecule has 3 heterocycles. The Balaban J connectivity index is 1.66. The summed E-state index contributed by atoms with van der Waals surface area (Å²) in [4.78, 5) is 11.9. The van der Waals surface area contributed by atoms with Crippen molar-refractivity contribution in [3.8, 4) is 0 Å². The van der Waals surface area contributed by atoms with Gasteiger partial charge in [0, 0.05) is 36.8 Å². The Hall–Kier alpha value is -1.20. The molecule has 0 radical (unpaired) electrons. The maximum atomic E-state index is 4.87. The maximum Gasteiger partial charge on any atom is 0.122 e. The third kappa shape index (κ3) is 3.41. The summed E-state index contributed by atoms with van der Waals surface area (Å²) >= 11 is 1.84. The number of hydrogen-bond acceptors (Lipinski definition) is 4. The van der Waals surface area contributed by atoms with Gasteiger partial charge < -0.3 is 4.57 Å². The molecular weight excluding hydrogens is 292 g/mol. The van der Waals surface area contributed by atoms with Crippen LogP contribution in [0.3, 0.4) is 0 Å². The van der Waals surface area contributed by atoms with E-state index in [4.69, 9.17) is 4.98 Å². The summed E-state index contributed by atoms with van der Waals surface area (Å²) in [6.07, 6.45) is 6.51. The second-order valence-electron chi connectivity index (χ2n) is 6.47. The SMILES string of the molecule is CCn1ccnc1CN1CCC[C@H](c2nc(C(C)C)cs2)C1. The Morgan fingerprint density at radius 3 is 3.00 bits per heavy atom. The van der Waals surface area contributed by atoms with Crippen LogP contribution in [0.5, 0.6) is 0 Å². The van der Waals surface area contributed by atoms with E-state index in [2.05, 4.69) is 46.8 Å². The molecule has 5 heteroatoms. The first kappa shape index (κ1) is 15.7. The zero-order valence-corrected chi connectivity index (χ0v) is 14.6. The first-order chi connectivity index (χ1) is 10.7. The predicted molar refractivity (Wildman–Crippen MR) is 91.4 cm³/mol. The topological polar surface area (TPSA) is 34.0 Å². The molecule has 0 saturated carbocycles. The van der Waals surface area contributed by atoms with Crippen molar-refractivity contribution in [1.82, 2.24) is 19.4 Å². The fourth-order valence-corrected chi connectivity index (χ4v) is 4.24. The van der Waals surface area contributed by atoms with Gasteiger partial charge in [-0.2, -0.15) is 0 Å². The lowest BCUT2D eigenvalue weighted by molar-refractivity contribution is 0.193. The van der Waals surface area contributed by atoms with Crippen molar-refractivity contribution in [3.05, 3.63) is 34.3 Å². The largest absolute Gasteiger partial charge is 0.334 e. The molecule has 2 aromatic heterocycles.